The third kappa shape index (κ3) is 4.22. The largest absolute Gasteiger partial charge is 0.493 e. The molecule has 0 bridgehead atoms. The molecular weight excluding hydrogens is 580 g/mol. The average Bonchev–Trinajstić information content (AvgIpc) is 2.50. The molecule has 0 fully saturated rings. The third-order valence-corrected chi connectivity index (χ3v) is 6.25. The average molecular weight is 589 g/mol. The van der Waals surface area contributed by atoms with Crippen molar-refractivity contribution in [3.63, 3.8) is 0 Å². The van der Waals surface area contributed by atoms with Crippen molar-refractivity contribution in [2.75, 3.05) is 12.4 Å². The van der Waals surface area contributed by atoms with Gasteiger partial charge >= 0.3 is 5.97 Å². The zero-order valence-electron chi connectivity index (χ0n) is 12.0. The molecule has 0 unspecified atom stereocenters. The second-order valence-corrected chi connectivity index (χ2v) is 7.80. The number of carboxylic acids is 1. The Kier molecular flexibility index (Phi) is 6.52. The molecule has 24 heavy (non-hydrogen) atoms. The van der Waals surface area contributed by atoms with E-state index in [2.05, 4.69) is 37.2 Å². The number of anilines is 1. The molecule has 0 atom stereocenters. The molecule has 9 heteroatoms. The summed E-state index contributed by atoms with van der Waals surface area (Å²) in [6.45, 7) is 0. The van der Waals surface area contributed by atoms with E-state index in [4.69, 9.17) is 21.4 Å². The highest BCUT2D eigenvalue weighted by molar-refractivity contribution is 14.1. The number of methoxy groups -OCH3 is 1. The Bertz CT molecular complexity index is 845. The van der Waals surface area contributed by atoms with E-state index in [0.29, 0.717) is 9.13 Å². The van der Waals surface area contributed by atoms with E-state index in [1.807, 2.05) is 28.7 Å². The van der Waals surface area contributed by atoms with Crippen LogP contribution < -0.4 is 10.1 Å². The Hall–Kier alpha value is -0.840. The Morgan fingerprint density at radius 2 is 1.92 bits per heavy atom. The number of hydrogen-bond donors (Lipinski definition) is 2. The van der Waals surface area contributed by atoms with Crippen LogP contribution >= 0.6 is 66.1 Å². The van der Waals surface area contributed by atoms with Gasteiger partial charge in [0.05, 0.1) is 28.9 Å². The SMILES string of the molecule is COc1c(Cl)cc(C(=O)O)cc1NC(=O)c1cc(Br)cc(Br)c1I. The lowest BCUT2D eigenvalue weighted by molar-refractivity contribution is 0.0696. The zero-order chi connectivity index (χ0) is 18.0. The number of aromatic carboxylic acids is 1. The summed E-state index contributed by atoms with van der Waals surface area (Å²) in [7, 11) is 1.39. The minimum absolute atomic E-state index is 0.0544. The number of rotatable bonds is 4. The van der Waals surface area contributed by atoms with Crippen molar-refractivity contribution in [3.05, 3.63) is 52.9 Å². The van der Waals surface area contributed by atoms with Gasteiger partial charge in [0.2, 0.25) is 0 Å². The lowest BCUT2D eigenvalue weighted by Gasteiger charge is -2.14. The lowest BCUT2D eigenvalue weighted by atomic mass is 10.1. The van der Waals surface area contributed by atoms with Gasteiger partial charge in [-0.25, -0.2) is 4.79 Å². The maximum Gasteiger partial charge on any atom is 0.335 e. The number of carbonyl (C=O) groups excluding carboxylic acids is 1. The van der Waals surface area contributed by atoms with Crippen molar-refractivity contribution in [1.29, 1.82) is 0 Å². The fraction of sp³-hybridized carbons (Fsp3) is 0.0667. The third-order valence-electron chi connectivity index (χ3n) is 2.98. The van der Waals surface area contributed by atoms with Crippen LogP contribution in [0, 0.1) is 3.57 Å². The molecule has 0 aromatic heterocycles. The Morgan fingerprint density at radius 1 is 1.25 bits per heavy atom. The van der Waals surface area contributed by atoms with E-state index in [1.165, 1.54) is 19.2 Å². The summed E-state index contributed by atoms with van der Waals surface area (Å²) >= 11 is 14.8. The number of benzene rings is 2. The van der Waals surface area contributed by atoms with Gasteiger partial charge in [0.15, 0.2) is 5.75 Å². The fourth-order valence-corrected chi connectivity index (χ4v) is 4.01. The zero-order valence-corrected chi connectivity index (χ0v) is 18.1. The maximum atomic E-state index is 12.6. The summed E-state index contributed by atoms with van der Waals surface area (Å²) in [4.78, 5) is 23.8. The molecule has 1 amide bonds. The van der Waals surface area contributed by atoms with Crippen molar-refractivity contribution in [2.24, 2.45) is 0 Å². The predicted molar refractivity (Wildman–Crippen MR) is 107 cm³/mol. The summed E-state index contributed by atoms with van der Waals surface area (Å²) in [5, 5.41) is 11.9. The van der Waals surface area contributed by atoms with E-state index in [9.17, 15) is 9.59 Å². The van der Waals surface area contributed by atoms with Gasteiger partial charge in [0.25, 0.3) is 5.91 Å². The molecule has 2 rings (SSSR count). The van der Waals surface area contributed by atoms with Crippen molar-refractivity contribution >= 4 is 83.6 Å². The predicted octanol–water partition coefficient (Wildman–Crippen LogP) is 5.43. The number of hydrogen-bond acceptors (Lipinski definition) is 3. The number of carboxylic acid groups (broad SMARTS) is 1. The van der Waals surface area contributed by atoms with Crippen LogP contribution in [0.1, 0.15) is 20.7 Å². The van der Waals surface area contributed by atoms with Gasteiger partial charge < -0.3 is 15.2 Å². The van der Waals surface area contributed by atoms with Gasteiger partial charge in [-0.2, -0.15) is 0 Å². The van der Waals surface area contributed by atoms with Crippen molar-refractivity contribution in [1.82, 2.24) is 0 Å². The normalized spacial score (nSPS) is 10.4. The molecule has 0 aliphatic rings. The molecular formula is C15H9Br2ClINO4. The van der Waals surface area contributed by atoms with E-state index >= 15 is 0 Å². The van der Waals surface area contributed by atoms with Gasteiger partial charge in [0.1, 0.15) is 0 Å². The molecule has 0 saturated carbocycles. The molecule has 0 radical (unpaired) electrons. The second kappa shape index (κ2) is 8.03. The first-order chi connectivity index (χ1) is 11.2. The summed E-state index contributed by atoms with van der Waals surface area (Å²) in [6.07, 6.45) is 0. The van der Waals surface area contributed by atoms with Gasteiger partial charge in [-0.3, -0.25) is 4.79 Å². The van der Waals surface area contributed by atoms with Crippen LogP contribution in [0.25, 0.3) is 0 Å². The van der Waals surface area contributed by atoms with Gasteiger partial charge in [-0.1, -0.05) is 27.5 Å². The topological polar surface area (TPSA) is 75.6 Å². The van der Waals surface area contributed by atoms with E-state index in [1.54, 1.807) is 6.07 Å². The first kappa shape index (κ1) is 19.5. The molecule has 126 valence electrons. The smallest absolute Gasteiger partial charge is 0.335 e. The number of amides is 1. The Balaban J connectivity index is 2.47. The standard InChI is InChI=1S/C15H9Br2ClINO4/c1-24-13-10(18)2-6(15(22)23)3-11(13)20-14(21)8-4-7(16)5-9(17)12(8)19/h2-5H,1H3,(H,20,21)(H,22,23). The fourth-order valence-electron chi connectivity index (χ4n) is 1.93. The van der Waals surface area contributed by atoms with Gasteiger partial charge in [-0.15, -0.1) is 0 Å². The van der Waals surface area contributed by atoms with E-state index in [0.717, 1.165) is 8.95 Å². The lowest BCUT2D eigenvalue weighted by Crippen LogP contribution is -2.15. The molecule has 5 nitrogen and oxygen atoms in total. The minimum atomic E-state index is -1.16. The number of halogens is 4. The highest BCUT2D eigenvalue weighted by Crippen LogP contribution is 2.35. The highest BCUT2D eigenvalue weighted by atomic mass is 127. The van der Waals surface area contributed by atoms with Crippen molar-refractivity contribution in [3.8, 4) is 5.75 Å². The van der Waals surface area contributed by atoms with Crippen LogP contribution in [-0.2, 0) is 0 Å². The molecule has 0 aliphatic carbocycles. The van der Waals surface area contributed by atoms with Crippen molar-refractivity contribution in [2.45, 2.75) is 0 Å². The van der Waals surface area contributed by atoms with E-state index < -0.39 is 11.9 Å². The summed E-state index contributed by atoms with van der Waals surface area (Å²) in [6, 6.07) is 6.04. The van der Waals surface area contributed by atoms with E-state index in [-0.39, 0.29) is 22.0 Å². The summed E-state index contributed by atoms with van der Waals surface area (Å²) < 4.78 is 7.36. The molecule has 2 N–H and O–H groups in total. The minimum Gasteiger partial charge on any atom is -0.493 e. The van der Waals surface area contributed by atoms with Crippen LogP contribution in [0.4, 0.5) is 5.69 Å². The quantitative estimate of drug-likeness (QED) is 0.369. The van der Waals surface area contributed by atoms with Crippen LogP contribution in [0.2, 0.25) is 5.02 Å². The molecule has 0 heterocycles. The first-order valence-corrected chi connectivity index (χ1v) is 9.35. The van der Waals surface area contributed by atoms with Crippen LogP contribution in [0.5, 0.6) is 5.75 Å². The van der Waals surface area contributed by atoms with Crippen LogP contribution in [-0.4, -0.2) is 24.1 Å². The highest BCUT2D eigenvalue weighted by Gasteiger charge is 2.19. The van der Waals surface area contributed by atoms with Crippen LogP contribution in [0.15, 0.2) is 33.2 Å². The summed E-state index contributed by atoms with van der Waals surface area (Å²) in [5.74, 6) is -1.38. The van der Waals surface area contributed by atoms with Crippen molar-refractivity contribution < 1.29 is 19.4 Å². The first-order valence-electron chi connectivity index (χ1n) is 6.31. The van der Waals surface area contributed by atoms with Crippen LogP contribution in [0.3, 0.4) is 0 Å². The summed E-state index contributed by atoms with van der Waals surface area (Å²) in [5.41, 5.74) is 0.538. The second-order valence-electron chi connectivity index (χ2n) is 4.55. The number of nitrogens with one attached hydrogen (secondary N) is 1. The molecule has 2 aromatic carbocycles. The monoisotopic (exact) mass is 587 g/mol. The molecule has 0 saturated heterocycles. The Labute approximate surface area is 173 Å². The molecule has 2 aromatic rings. The molecule has 0 spiro atoms. The number of carbonyl (C=O) groups is 2. The Morgan fingerprint density at radius 3 is 2.50 bits per heavy atom. The maximum absolute atomic E-state index is 12.6. The molecule has 0 aliphatic heterocycles. The number of ether oxygens (including phenoxy) is 1. The van der Waals surface area contributed by atoms with Gasteiger partial charge in [-0.05, 0) is 62.8 Å². The van der Waals surface area contributed by atoms with Gasteiger partial charge in [0, 0.05) is 12.5 Å².